The maximum Gasteiger partial charge on any atom is 0.461 e. The van der Waals surface area contributed by atoms with Crippen molar-refractivity contribution < 1.29 is 26.7 Å². The smallest absolute Gasteiger partial charge is 0.428 e. The highest BCUT2D eigenvalue weighted by Gasteiger charge is 2.44. The lowest BCUT2D eigenvalue weighted by atomic mass is 10.2. The highest BCUT2D eigenvalue weighted by atomic mass is 19.3. The Morgan fingerprint density at radius 3 is 2.27 bits per heavy atom. The maximum atomic E-state index is 12.7. The van der Waals surface area contributed by atoms with Crippen molar-refractivity contribution in [3.8, 4) is 5.75 Å². The number of rotatable bonds is 3. The van der Waals surface area contributed by atoms with Crippen LogP contribution in [0.2, 0.25) is 0 Å². The van der Waals surface area contributed by atoms with Crippen LogP contribution in [0.1, 0.15) is 5.56 Å². The molecular weight excluding hydrogens is 219 g/mol. The standard InChI is InChI=1S/C9H7F5O/c1-5-2-6(10)4-7(3-5)15-9(13,14)8(11)12/h2-4,8H,1H3. The van der Waals surface area contributed by atoms with Crippen LogP contribution in [0.4, 0.5) is 22.0 Å². The minimum atomic E-state index is -4.61. The van der Waals surface area contributed by atoms with Crippen molar-refractivity contribution in [1.82, 2.24) is 0 Å². The average Bonchev–Trinajstić information content (AvgIpc) is 1.99. The van der Waals surface area contributed by atoms with E-state index in [0.717, 1.165) is 12.1 Å². The van der Waals surface area contributed by atoms with Gasteiger partial charge < -0.3 is 4.74 Å². The van der Waals surface area contributed by atoms with Gasteiger partial charge in [0.2, 0.25) is 0 Å². The Kier molecular flexibility index (Phi) is 3.16. The van der Waals surface area contributed by atoms with Gasteiger partial charge in [-0.25, -0.2) is 4.39 Å². The molecule has 0 radical (unpaired) electrons. The van der Waals surface area contributed by atoms with E-state index in [1.807, 2.05) is 0 Å². The largest absolute Gasteiger partial charge is 0.461 e. The molecular formula is C9H7F5O. The summed E-state index contributed by atoms with van der Waals surface area (Å²) in [5, 5.41) is 0. The van der Waals surface area contributed by atoms with Crippen molar-refractivity contribution in [2.45, 2.75) is 19.5 Å². The molecule has 0 saturated carbocycles. The van der Waals surface area contributed by atoms with Crippen LogP contribution in [-0.4, -0.2) is 12.5 Å². The first-order valence-electron chi connectivity index (χ1n) is 3.93. The van der Waals surface area contributed by atoms with Crippen LogP contribution >= 0.6 is 0 Å². The van der Waals surface area contributed by atoms with Crippen LogP contribution < -0.4 is 4.74 Å². The first-order valence-corrected chi connectivity index (χ1v) is 3.93. The van der Waals surface area contributed by atoms with E-state index in [1.165, 1.54) is 6.92 Å². The summed E-state index contributed by atoms with van der Waals surface area (Å²) in [5.41, 5.74) is 0.301. The summed E-state index contributed by atoms with van der Waals surface area (Å²) in [6.07, 6.45) is -8.57. The fourth-order valence-corrected chi connectivity index (χ4v) is 0.963. The second kappa shape index (κ2) is 4.04. The lowest BCUT2D eigenvalue weighted by molar-refractivity contribution is -0.253. The molecule has 0 N–H and O–H groups in total. The third kappa shape index (κ3) is 3.07. The Balaban J connectivity index is 2.89. The quantitative estimate of drug-likeness (QED) is 0.718. The van der Waals surface area contributed by atoms with E-state index in [2.05, 4.69) is 4.74 Å². The maximum absolute atomic E-state index is 12.7. The predicted octanol–water partition coefficient (Wildman–Crippen LogP) is 3.37. The molecule has 0 saturated heterocycles. The molecule has 0 aliphatic carbocycles. The fourth-order valence-electron chi connectivity index (χ4n) is 0.963. The molecule has 1 aromatic carbocycles. The van der Waals surface area contributed by atoms with Crippen molar-refractivity contribution in [3.05, 3.63) is 29.6 Å². The van der Waals surface area contributed by atoms with Gasteiger partial charge in [-0.1, -0.05) is 0 Å². The molecule has 0 unspecified atom stereocenters. The molecule has 1 nitrogen and oxygen atoms in total. The van der Waals surface area contributed by atoms with Crippen LogP contribution in [-0.2, 0) is 0 Å². The van der Waals surface area contributed by atoms with E-state index < -0.39 is 24.1 Å². The molecule has 1 aromatic rings. The number of ether oxygens (including phenoxy) is 1. The zero-order valence-electron chi connectivity index (χ0n) is 7.61. The molecule has 84 valence electrons. The summed E-state index contributed by atoms with van der Waals surface area (Å²) in [7, 11) is 0. The summed E-state index contributed by atoms with van der Waals surface area (Å²) in [5.74, 6) is -1.45. The summed E-state index contributed by atoms with van der Waals surface area (Å²) in [4.78, 5) is 0. The van der Waals surface area contributed by atoms with Gasteiger partial charge >= 0.3 is 12.5 Å². The lowest BCUT2D eigenvalue weighted by Crippen LogP contribution is -2.33. The molecule has 1 rings (SSSR count). The van der Waals surface area contributed by atoms with Crippen molar-refractivity contribution in [2.24, 2.45) is 0 Å². The third-order valence-electron chi connectivity index (χ3n) is 1.52. The topological polar surface area (TPSA) is 9.23 Å². The number of benzene rings is 1. The molecule has 0 amide bonds. The van der Waals surface area contributed by atoms with Crippen molar-refractivity contribution in [1.29, 1.82) is 0 Å². The van der Waals surface area contributed by atoms with Crippen molar-refractivity contribution >= 4 is 0 Å². The van der Waals surface area contributed by atoms with Gasteiger partial charge in [-0.3, -0.25) is 0 Å². The SMILES string of the molecule is Cc1cc(F)cc(OC(F)(F)C(F)F)c1. The number of hydrogen-bond acceptors (Lipinski definition) is 1. The number of alkyl halides is 4. The molecule has 6 heteroatoms. The Bertz CT molecular complexity index is 330. The lowest BCUT2D eigenvalue weighted by Gasteiger charge is -2.16. The molecule has 0 heterocycles. The first-order chi connectivity index (χ1) is 6.81. The second-order valence-electron chi connectivity index (χ2n) is 2.93. The molecule has 0 spiro atoms. The summed E-state index contributed by atoms with van der Waals surface area (Å²) < 4.78 is 64.7. The van der Waals surface area contributed by atoms with Crippen LogP contribution in [0, 0.1) is 12.7 Å². The zero-order valence-corrected chi connectivity index (χ0v) is 7.61. The van der Waals surface area contributed by atoms with Crippen molar-refractivity contribution in [2.75, 3.05) is 0 Å². The van der Waals surface area contributed by atoms with Crippen LogP contribution in [0.5, 0.6) is 5.75 Å². The highest BCUT2D eigenvalue weighted by molar-refractivity contribution is 5.28. The predicted molar refractivity (Wildman–Crippen MR) is 42.7 cm³/mol. The fraction of sp³-hybridized carbons (Fsp3) is 0.333. The minimum absolute atomic E-state index is 0.301. The van der Waals surface area contributed by atoms with E-state index in [9.17, 15) is 22.0 Å². The van der Waals surface area contributed by atoms with Crippen LogP contribution in [0.25, 0.3) is 0 Å². The van der Waals surface area contributed by atoms with Gasteiger partial charge in [0.25, 0.3) is 0 Å². The van der Waals surface area contributed by atoms with Gasteiger partial charge in [-0.05, 0) is 24.6 Å². The van der Waals surface area contributed by atoms with Crippen LogP contribution in [0.15, 0.2) is 18.2 Å². The van der Waals surface area contributed by atoms with Gasteiger partial charge in [0.05, 0.1) is 0 Å². The Labute approximate surface area is 82.5 Å². The van der Waals surface area contributed by atoms with Gasteiger partial charge in [-0.2, -0.15) is 17.6 Å². The van der Waals surface area contributed by atoms with E-state index in [-0.39, 0.29) is 0 Å². The van der Waals surface area contributed by atoms with Gasteiger partial charge in [0.1, 0.15) is 11.6 Å². The van der Waals surface area contributed by atoms with Crippen LogP contribution in [0.3, 0.4) is 0 Å². The average molecular weight is 226 g/mol. The van der Waals surface area contributed by atoms with Gasteiger partial charge in [0.15, 0.2) is 0 Å². The number of hydrogen-bond donors (Lipinski definition) is 0. The van der Waals surface area contributed by atoms with E-state index in [1.54, 1.807) is 0 Å². The van der Waals surface area contributed by atoms with E-state index >= 15 is 0 Å². The van der Waals surface area contributed by atoms with Gasteiger partial charge in [0, 0.05) is 6.07 Å². The Hall–Kier alpha value is -1.33. The van der Waals surface area contributed by atoms with E-state index in [0.29, 0.717) is 11.6 Å². The molecule has 0 atom stereocenters. The minimum Gasteiger partial charge on any atom is -0.428 e. The first kappa shape index (κ1) is 11.7. The Morgan fingerprint density at radius 2 is 1.80 bits per heavy atom. The highest BCUT2D eigenvalue weighted by Crippen LogP contribution is 2.28. The molecule has 0 bridgehead atoms. The molecule has 0 fully saturated rings. The third-order valence-corrected chi connectivity index (χ3v) is 1.52. The van der Waals surface area contributed by atoms with E-state index in [4.69, 9.17) is 0 Å². The Morgan fingerprint density at radius 1 is 1.20 bits per heavy atom. The number of halogens is 5. The molecule has 15 heavy (non-hydrogen) atoms. The molecule has 0 aromatic heterocycles. The van der Waals surface area contributed by atoms with Gasteiger partial charge in [-0.15, -0.1) is 0 Å². The zero-order chi connectivity index (χ0) is 11.6. The normalized spacial score (nSPS) is 11.9. The molecule has 0 aliphatic heterocycles. The molecule has 0 aliphatic rings. The second-order valence-corrected chi connectivity index (χ2v) is 2.93. The number of aryl methyl sites for hydroxylation is 1. The monoisotopic (exact) mass is 226 g/mol. The summed E-state index contributed by atoms with van der Waals surface area (Å²) >= 11 is 0. The van der Waals surface area contributed by atoms with Crippen molar-refractivity contribution in [3.63, 3.8) is 0 Å². The summed E-state index contributed by atoms with van der Waals surface area (Å²) in [6.45, 7) is 1.43. The summed E-state index contributed by atoms with van der Waals surface area (Å²) in [6, 6.07) is 2.72.